The van der Waals surface area contributed by atoms with E-state index in [0.29, 0.717) is 11.5 Å². The van der Waals surface area contributed by atoms with E-state index in [4.69, 9.17) is 4.42 Å². The number of furan rings is 1. The number of benzene rings is 1. The molecular formula is C17H17F2NO5. The maximum Gasteiger partial charge on any atom is 0.387 e. The number of nitrogens with zero attached hydrogens (tertiary/aromatic N) is 1. The molecule has 2 rings (SSSR count). The van der Waals surface area contributed by atoms with Crippen molar-refractivity contribution in [1.82, 2.24) is 4.90 Å². The van der Waals surface area contributed by atoms with E-state index in [2.05, 4.69) is 9.47 Å². The zero-order valence-corrected chi connectivity index (χ0v) is 13.9. The fraction of sp³-hybridized carbons (Fsp3) is 0.294. The number of halogens is 2. The van der Waals surface area contributed by atoms with Gasteiger partial charge in [-0.2, -0.15) is 8.78 Å². The Morgan fingerprint density at radius 1 is 1.24 bits per heavy atom. The largest absolute Gasteiger partial charge is 0.465 e. The van der Waals surface area contributed by atoms with Crippen LogP contribution in [0.25, 0.3) is 0 Å². The summed E-state index contributed by atoms with van der Waals surface area (Å²) in [5.74, 6) is -0.549. The van der Waals surface area contributed by atoms with Crippen molar-refractivity contribution in [1.29, 1.82) is 0 Å². The number of aryl methyl sites for hydroxylation is 1. The Balaban J connectivity index is 2.18. The van der Waals surface area contributed by atoms with E-state index in [1.807, 2.05) is 0 Å². The summed E-state index contributed by atoms with van der Waals surface area (Å²) in [5, 5.41) is 0. The Bertz CT molecular complexity index is 772. The van der Waals surface area contributed by atoms with Crippen molar-refractivity contribution in [3.63, 3.8) is 0 Å². The molecule has 0 atom stereocenters. The summed E-state index contributed by atoms with van der Waals surface area (Å²) in [7, 11) is 2.74. The van der Waals surface area contributed by atoms with Gasteiger partial charge in [0.25, 0.3) is 5.91 Å². The predicted octanol–water partition coefficient (Wildman–Crippen LogP) is 3.25. The molecule has 1 heterocycles. The lowest BCUT2D eigenvalue weighted by Gasteiger charge is -2.18. The fourth-order valence-corrected chi connectivity index (χ4v) is 2.29. The van der Waals surface area contributed by atoms with Crippen LogP contribution in [0.2, 0.25) is 0 Å². The SMILES string of the molecule is COC(=O)c1cc(CN(C)C(=O)c2ccccc2OC(F)F)oc1C. The Morgan fingerprint density at radius 2 is 1.92 bits per heavy atom. The number of methoxy groups -OCH3 is 1. The molecule has 0 saturated heterocycles. The first-order chi connectivity index (χ1) is 11.8. The molecule has 6 nitrogen and oxygen atoms in total. The fourth-order valence-electron chi connectivity index (χ4n) is 2.29. The van der Waals surface area contributed by atoms with Crippen LogP contribution in [0.15, 0.2) is 34.7 Å². The van der Waals surface area contributed by atoms with Gasteiger partial charge in [0, 0.05) is 7.05 Å². The molecule has 1 aromatic heterocycles. The zero-order valence-electron chi connectivity index (χ0n) is 13.9. The molecule has 0 aliphatic heterocycles. The van der Waals surface area contributed by atoms with Crippen LogP contribution in [0, 0.1) is 6.92 Å². The van der Waals surface area contributed by atoms with Crippen molar-refractivity contribution >= 4 is 11.9 Å². The van der Waals surface area contributed by atoms with E-state index in [-0.39, 0.29) is 23.4 Å². The Hall–Kier alpha value is -2.90. The molecule has 0 saturated carbocycles. The van der Waals surface area contributed by atoms with Gasteiger partial charge in [-0.15, -0.1) is 0 Å². The minimum Gasteiger partial charge on any atom is -0.465 e. The Morgan fingerprint density at radius 3 is 2.56 bits per heavy atom. The smallest absolute Gasteiger partial charge is 0.387 e. The number of alkyl halides is 2. The second kappa shape index (κ2) is 7.78. The molecule has 134 valence electrons. The molecule has 0 spiro atoms. The molecule has 0 aliphatic rings. The van der Waals surface area contributed by atoms with Crippen molar-refractivity contribution in [2.24, 2.45) is 0 Å². The monoisotopic (exact) mass is 353 g/mol. The summed E-state index contributed by atoms with van der Waals surface area (Å²) in [5.41, 5.74) is 0.265. The molecule has 0 bridgehead atoms. The van der Waals surface area contributed by atoms with Gasteiger partial charge in [-0.1, -0.05) is 12.1 Å². The molecule has 0 fully saturated rings. The maximum atomic E-state index is 12.5. The minimum atomic E-state index is -3.03. The van der Waals surface area contributed by atoms with Crippen molar-refractivity contribution in [2.75, 3.05) is 14.2 Å². The first-order valence-corrected chi connectivity index (χ1v) is 7.30. The van der Waals surface area contributed by atoms with Crippen LogP contribution in [0.4, 0.5) is 8.78 Å². The highest BCUT2D eigenvalue weighted by atomic mass is 19.3. The lowest BCUT2D eigenvalue weighted by atomic mass is 10.1. The second-order valence-electron chi connectivity index (χ2n) is 5.21. The van der Waals surface area contributed by atoms with E-state index in [0.717, 1.165) is 0 Å². The number of carbonyl (C=O) groups is 2. The van der Waals surface area contributed by atoms with Gasteiger partial charge >= 0.3 is 12.6 Å². The van der Waals surface area contributed by atoms with Gasteiger partial charge < -0.3 is 18.8 Å². The summed E-state index contributed by atoms with van der Waals surface area (Å²) in [6, 6.07) is 7.20. The molecule has 0 aliphatic carbocycles. The van der Waals surface area contributed by atoms with Crippen molar-refractivity contribution in [3.8, 4) is 5.75 Å². The maximum absolute atomic E-state index is 12.5. The first-order valence-electron chi connectivity index (χ1n) is 7.30. The number of amides is 1. The normalized spacial score (nSPS) is 10.6. The molecule has 8 heteroatoms. The molecule has 25 heavy (non-hydrogen) atoms. The van der Waals surface area contributed by atoms with Gasteiger partial charge in [-0.25, -0.2) is 4.79 Å². The Kier molecular flexibility index (Phi) is 5.74. The molecule has 0 N–H and O–H groups in total. The van der Waals surface area contributed by atoms with Crippen LogP contribution in [-0.4, -0.2) is 37.5 Å². The molecule has 0 radical (unpaired) electrons. The lowest BCUT2D eigenvalue weighted by molar-refractivity contribution is -0.0502. The number of hydrogen-bond acceptors (Lipinski definition) is 5. The predicted molar refractivity (Wildman–Crippen MR) is 83.7 cm³/mol. The number of ether oxygens (including phenoxy) is 2. The first kappa shape index (κ1) is 18.4. The number of esters is 1. The summed E-state index contributed by atoms with van der Waals surface area (Å²) < 4.78 is 39.4. The van der Waals surface area contributed by atoms with E-state index in [9.17, 15) is 18.4 Å². The Labute approximate surface area is 142 Å². The van der Waals surface area contributed by atoms with Gasteiger partial charge in [0.15, 0.2) is 0 Å². The van der Waals surface area contributed by atoms with Crippen LogP contribution in [0.5, 0.6) is 5.75 Å². The number of rotatable bonds is 6. The summed E-state index contributed by atoms with van der Waals surface area (Å²) in [4.78, 5) is 25.4. The van der Waals surface area contributed by atoms with Crippen molar-refractivity contribution in [3.05, 3.63) is 53.0 Å². The van der Waals surface area contributed by atoms with Crippen LogP contribution in [-0.2, 0) is 11.3 Å². The third kappa shape index (κ3) is 4.34. The number of para-hydroxylation sites is 1. The van der Waals surface area contributed by atoms with E-state index in [1.165, 1.54) is 43.3 Å². The summed E-state index contributed by atoms with van der Waals surface area (Å²) >= 11 is 0. The minimum absolute atomic E-state index is 0.00164. The summed E-state index contributed by atoms with van der Waals surface area (Å²) in [6.07, 6.45) is 0. The molecule has 1 aromatic carbocycles. The highest BCUT2D eigenvalue weighted by Crippen LogP contribution is 2.23. The van der Waals surface area contributed by atoms with Gasteiger partial charge in [0.1, 0.15) is 22.8 Å². The zero-order chi connectivity index (χ0) is 18.6. The van der Waals surface area contributed by atoms with E-state index >= 15 is 0 Å². The molecule has 2 aromatic rings. The lowest BCUT2D eigenvalue weighted by Crippen LogP contribution is -2.26. The van der Waals surface area contributed by atoms with Crippen molar-refractivity contribution < 1.29 is 32.3 Å². The van der Waals surface area contributed by atoms with Gasteiger partial charge in [-0.05, 0) is 25.1 Å². The third-order valence-corrected chi connectivity index (χ3v) is 3.45. The highest BCUT2D eigenvalue weighted by Gasteiger charge is 2.21. The quantitative estimate of drug-likeness (QED) is 0.746. The van der Waals surface area contributed by atoms with Gasteiger partial charge in [0.2, 0.25) is 0 Å². The molecular weight excluding hydrogens is 336 g/mol. The number of hydrogen-bond donors (Lipinski definition) is 0. The molecule has 1 amide bonds. The standard InChI is InChI=1S/C17H17F2NO5/c1-10-13(16(22)23-3)8-11(24-10)9-20(2)15(21)12-6-4-5-7-14(12)25-17(18)19/h4-8,17H,9H2,1-3H3. The highest BCUT2D eigenvalue weighted by molar-refractivity contribution is 5.96. The van der Waals surface area contributed by atoms with Crippen LogP contribution >= 0.6 is 0 Å². The second-order valence-corrected chi connectivity index (χ2v) is 5.21. The summed E-state index contributed by atoms with van der Waals surface area (Å²) in [6.45, 7) is -1.39. The molecule has 0 unspecified atom stereocenters. The van der Waals surface area contributed by atoms with Crippen molar-refractivity contribution in [2.45, 2.75) is 20.1 Å². The van der Waals surface area contributed by atoms with Crippen LogP contribution in [0.3, 0.4) is 0 Å². The average Bonchev–Trinajstić information content (AvgIpc) is 2.93. The van der Waals surface area contributed by atoms with Gasteiger partial charge in [-0.3, -0.25) is 4.79 Å². The third-order valence-electron chi connectivity index (χ3n) is 3.45. The van der Waals surface area contributed by atoms with Crippen LogP contribution < -0.4 is 4.74 Å². The number of carbonyl (C=O) groups excluding carboxylic acids is 2. The topological polar surface area (TPSA) is 69.0 Å². The average molecular weight is 353 g/mol. The van der Waals surface area contributed by atoms with Gasteiger partial charge in [0.05, 0.1) is 19.2 Å². The van der Waals surface area contributed by atoms with Crippen LogP contribution in [0.1, 0.15) is 32.2 Å². The van der Waals surface area contributed by atoms with E-state index < -0.39 is 18.5 Å². The van der Waals surface area contributed by atoms with E-state index in [1.54, 1.807) is 13.0 Å².